The van der Waals surface area contributed by atoms with Crippen molar-refractivity contribution in [2.24, 2.45) is 0 Å². The number of ether oxygens (including phenoxy) is 2. The third kappa shape index (κ3) is 6.99. The molecule has 4 aromatic rings. The minimum atomic E-state index is -0.560. The van der Waals surface area contributed by atoms with Crippen molar-refractivity contribution >= 4 is 51.6 Å². The van der Waals surface area contributed by atoms with Crippen LogP contribution in [0.5, 0.6) is 5.75 Å². The molecule has 0 atom stereocenters. The average molecular weight is 553 g/mol. The first-order valence-electron chi connectivity index (χ1n) is 11.5. The summed E-state index contributed by atoms with van der Waals surface area (Å²) in [5.41, 5.74) is 1.19. The van der Waals surface area contributed by atoms with Crippen LogP contribution in [0, 0.1) is 6.92 Å². The summed E-state index contributed by atoms with van der Waals surface area (Å²) in [6.45, 7) is 3.61. The van der Waals surface area contributed by atoms with E-state index in [9.17, 15) is 14.4 Å². The van der Waals surface area contributed by atoms with Crippen LogP contribution >= 0.6 is 23.1 Å². The van der Waals surface area contributed by atoms with Gasteiger partial charge in [-0.1, -0.05) is 48.2 Å². The van der Waals surface area contributed by atoms with E-state index >= 15 is 0 Å². The SMILES string of the molecule is CCOC(=O)c1sc(NC(=O)CSc2nnc(COc3ccccc3)o2)c(C(=O)Nc2ccccc2)c1C. The summed E-state index contributed by atoms with van der Waals surface area (Å²) < 4.78 is 16.2. The number of thiophene rings is 1. The van der Waals surface area contributed by atoms with Gasteiger partial charge in [0.15, 0.2) is 6.61 Å². The quantitative estimate of drug-likeness (QED) is 0.191. The van der Waals surface area contributed by atoms with Crippen molar-refractivity contribution in [3.05, 3.63) is 82.6 Å². The number of rotatable bonds is 11. The summed E-state index contributed by atoms with van der Waals surface area (Å²) in [6, 6.07) is 18.1. The molecule has 0 bridgehead atoms. The summed E-state index contributed by atoms with van der Waals surface area (Å²) in [5.74, 6) is -0.560. The molecule has 2 aromatic heterocycles. The molecule has 38 heavy (non-hydrogen) atoms. The zero-order valence-electron chi connectivity index (χ0n) is 20.6. The number of carbonyl (C=O) groups is 3. The molecule has 2 amide bonds. The molecule has 0 spiro atoms. The third-order valence-corrected chi connectivity index (χ3v) is 7.01. The van der Waals surface area contributed by atoms with Crippen molar-refractivity contribution in [1.29, 1.82) is 0 Å². The molecule has 0 saturated carbocycles. The van der Waals surface area contributed by atoms with Crippen LogP contribution in [0.4, 0.5) is 10.7 Å². The Kier molecular flexibility index (Phi) is 9.11. The fourth-order valence-corrected chi connectivity index (χ4v) is 4.98. The lowest BCUT2D eigenvalue weighted by Gasteiger charge is -2.08. The highest BCUT2D eigenvalue weighted by atomic mass is 32.2. The molecular formula is C26H24N4O6S2. The summed E-state index contributed by atoms with van der Waals surface area (Å²) in [5, 5.41) is 13.8. The van der Waals surface area contributed by atoms with Crippen LogP contribution in [-0.2, 0) is 16.1 Å². The van der Waals surface area contributed by atoms with Crippen molar-refractivity contribution in [1.82, 2.24) is 10.2 Å². The van der Waals surface area contributed by atoms with Gasteiger partial charge in [0.1, 0.15) is 15.6 Å². The van der Waals surface area contributed by atoms with Crippen molar-refractivity contribution in [3.8, 4) is 5.75 Å². The second-order valence-electron chi connectivity index (χ2n) is 7.70. The van der Waals surface area contributed by atoms with Gasteiger partial charge in [-0.3, -0.25) is 9.59 Å². The number of hydrogen-bond donors (Lipinski definition) is 2. The second-order valence-corrected chi connectivity index (χ2v) is 9.65. The van der Waals surface area contributed by atoms with Gasteiger partial charge in [0.05, 0.1) is 17.9 Å². The highest BCUT2D eigenvalue weighted by Gasteiger charge is 2.26. The molecular weight excluding hydrogens is 528 g/mol. The Bertz CT molecular complexity index is 1410. The van der Waals surface area contributed by atoms with Crippen LogP contribution in [0.15, 0.2) is 70.3 Å². The van der Waals surface area contributed by atoms with E-state index in [0.717, 1.165) is 23.1 Å². The Hall–Kier alpha value is -4.16. The number of aromatic nitrogens is 2. The number of anilines is 2. The van der Waals surface area contributed by atoms with E-state index < -0.39 is 17.8 Å². The summed E-state index contributed by atoms with van der Waals surface area (Å²) in [6.07, 6.45) is 0. The Morgan fingerprint density at radius 3 is 2.42 bits per heavy atom. The Morgan fingerprint density at radius 1 is 1.00 bits per heavy atom. The second kappa shape index (κ2) is 12.9. The molecule has 0 aliphatic rings. The molecule has 0 saturated heterocycles. The van der Waals surface area contributed by atoms with Crippen LogP contribution in [0.2, 0.25) is 0 Å². The van der Waals surface area contributed by atoms with Crippen molar-refractivity contribution < 1.29 is 28.3 Å². The molecule has 196 valence electrons. The summed E-state index contributed by atoms with van der Waals surface area (Å²) >= 11 is 2.02. The predicted octanol–water partition coefficient (Wildman–Crippen LogP) is 5.18. The summed E-state index contributed by atoms with van der Waals surface area (Å²) in [4.78, 5) is 38.6. The van der Waals surface area contributed by atoms with Crippen molar-refractivity contribution in [2.75, 3.05) is 23.0 Å². The van der Waals surface area contributed by atoms with Crippen molar-refractivity contribution in [2.45, 2.75) is 25.7 Å². The zero-order valence-corrected chi connectivity index (χ0v) is 22.2. The number of hydrogen-bond acceptors (Lipinski definition) is 10. The molecule has 2 heterocycles. The highest BCUT2D eigenvalue weighted by Crippen LogP contribution is 2.34. The smallest absolute Gasteiger partial charge is 0.348 e. The molecule has 2 N–H and O–H groups in total. The Balaban J connectivity index is 1.41. The maximum absolute atomic E-state index is 13.1. The first-order chi connectivity index (χ1) is 18.4. The molecule has 10 nitrogen and oxygen atoms in total. The van der Waals surface area contributed by atoms with E-state index in [1.54, 1.807) is 38.1 Å². The number of amides is 2. The molecule has 0 radical (unpaired) electrons. The van der Waals surface area contributed by atoms with E-state index in [0.29, 0.717) is 17.0 Å². The minimum Gasteiger partial charge on any atom is -0.484 e. The molecule has 0 unspecified atom stereocenters. The number of esters is 1. The molecule has 0 aliphatic carbocycles. The molecule has 4 rings (SSSR count). The van der Waals surface area contributed by atoms with Gasteiger partial charge in [0, 0.05) is 5.69 Å². The summed E-state index contributed by atoms with van der Waals surface area (Å²) in [7, 11) is 0. The maximum atomic E-state index is 13.1. The fourth-order valence-electron chi connectivity index (χ4n) is 3.29. The number of benzene rings is 2. The number of nitrogens with one attached hydrogen (secondary N) is 2. The third-order valence-electron chi connectivity index (χ3n) is 5.00. The monoisotopic (exact) mass is 552 g/mol. The lowest BCUT2D eigenvalue weighted by molar-refractivity contribution is -0.113. The van der Waals surface area contributed by atoms with Crippen LogP contribution in [0.1, 0.15) is 38.4 Å². The topological polar surface area (TPSA) is 133 Å². The Labute approximate surface area is 226 Å². The first kappa shape index (κ1) is 26.9. The van der Waals surface area contributed by atoms with Gasteiger partial charge in [0.25, 0.3) is 17.0 Å². The van der Waals surface area contributed by atoms with Crippen LogP contribution < -0.4 is 15.4 Å². The Morgan fingerprint density at radius 2 is 1.71 bits per heavy atom. The highest BCUT2D eigenvalue weighted by molar-refractivity contribution is 7.99. The van der Waals surface area contributed by atoms with Gasteiger partial charge in [-0.05, 0) is 43.7 Å². The normalized spacial score (nSPS) is 10.6. The van der Waals surface area contributed by atoms with Crippen molar-refractivity contribution in [3.63, 3.8) is 0 Å². The predicted molar refractivity (Wildman–Crippen MR) is 144 cm³/mol. The fraction of sp³-hybridized carbons (Fsp3) is 0.192. The zero-order chi connectivity index (χ0) is 26.9. The van der Waals surface area contributed by atoms with Gasteiger partial charge >= 0.3 is 5.97 Å². The standard InChI is InChI=1S/C26H24N4O6S2/c1-3-34-25(33)22-16(2)21(23(32)27-17-10-6-4-7-11-17)24(38-22)28-19(31)15-37-26-30-29-20(36-26)14-35-18-12-8-5-9-13-18/h4-13H,3,14-15H2,1-2H3,(H,27,32)(H,28,31). The van der Waals surface area contributed by atoms with E-state index in [1.807, 2.05) is 36.4 Å². The van der Waals surface area contributed by atoms with Crippen LogP contribution in [-0.4, -0.2) is 40.3 Å². The van der Waals surface area contributed by atoms with E-state index in [-0.39, 0.29) is 45.5 Å². The maximum Gasteiger partial charge on any atom is 0.348 e. The van der Waals surface area contributed by atoms with Crippen LogP contribution in [0.3, 0.4) is 0 Å². The largest absolute Gasteiger partial charge is 0.484 e. The molecule has 12 heteroatoms. The molecule has 2 aromatic carbocycles. The lowest BCUT2D eigenvalue weighted by Crippen LogP contribution is -2.18. The average Bonchev–Trinajstić information content (AvgIpc) is 3.51. The van der Waals surface area contributed by atoms with E-state index in [2.05, 4.69) is 20.8 Å². The number of nitrogens with zero attached hydrogens (tertiary/aromatic N) is 2. The van der Waals surface area contributed by atoms with Gasteiger partial charge in [-0.15, -0.1) is 21.5 Å². The van der Waals surface area contributed by atoms with Gasteiger partial charge in [0.2, 0.25) is 5.91 Å². The van der Waals surface area contributed by atoms with E-state index in [4.69, 9.17) is 13.9 Å². The van der Waals surface area contributed by atoms with Gasteiger partial charge < -0.3 is 24.5 Å². The molecule has 0 aliphatic heterocycles. The number of thioether (sulfide) groups is 1. The van der Waals surface area contributed by atoms with Gasteiger partial charge in [-0.2, -0.15) is 0 Å². The van der Waals surface area contributed by atoms with Gasteiger partial charge in [-0.25, -0.2) is 4.79 Å². The van der Waals surface area contributed by atoms with Crippen LogP contribution in [0.25, 0.3) is 0 Å². The minimum absolute atomic E-state index is 0.0629. The van der Waals surface area contributed by atoms with E-state index in [1.165, 1.54) is 0 Å². The first-order valence-corrected chi connectivity index (χ1v) is 13.3. The molecule has 0 fully saturated rings. The number of carbonyl (C=O) groups excluding carboxylic acids is 3. The number of para-hydroxylation sites is 2. The lowest BCUT2D eigenvalue weighted by atomic mass is 10.1.